The van der Waals surface area contributed by atoms with Crippen LogP contribution in [0, 0.1) is 0 Å². The molecule has 21 heavy (non-hydrogen) atoms. The smallest absolute Gasteiger partial charge is 0.214 e. The first-order chi connectivity index (χ1) is 10.2. The van der Waals surface area contributed by atoms with E-state index in [2.05, 4.69) is 15.5 Å². The van der Waals surface area contributed by atoms with Crippen molar-refractivity contribution in [2.45, 2.75) is 31.8 Å². The number of thioether (sulfide) groups is 1. The number of rotatable bonds is 8. The zero-order valence-electron chi connectivity index (χ0n) is 12.2. The summed E-state index contributed by atoms with van der Waals surface area (Å²) in [6.45, 7) is 4.13. The Morgan fingerprint density at radius 3 is 2.95 bits per heavy atom. The summed E-state index contributed by atoms with van der Waals surface area (Å²) >= 11 is 1.54. The first kappa shape index (κ1) is 15.5. The van der Waals surface area contributed by atoms with Gasteiger partial charge >= 0.3 is 0 Å². The van der Waals surface area contributed by atoms with Gasteiger partial charge in [-0.15, -0.1) is 5.10 Å². The fraction of sp³-hybridized carbons (Fsp3) is 0.429. The highest BCUT2D eigenvalue weighted by Gasteiger charge is 2.13. The molecule has 1 aromatic heterocycles. The molecule has 0 saturated carbocycles. The summed E-state index contributed by atoms with van der Waals surface area (Å²) in [7, 11) is 0. The Labute approximate surface area is 127 Å². The summed E-state index contributed by atoms with van der Waals surface area (Å²) in [6, 6.07) is 7.65. The van der Waals surface area contributed by atoms with Crippen molar-refractivity contribution in [3.05, 3.63) is 24.3 Å². The van der Waals surface area contributed by atoms with Gasteiger partial charge in [-0.3, -0.25) is 0 Å². The summed E-state index contributed by atoms with van der Waals surface area (Å²) in [4.78, 5) is 10.9. The van der Waals surface area contributed by atoms with Gasteiger partial charge in [-0.2, -0.15) is 4.68 Å². The van der Waals surface area contributed by atoms with Gasteiger partial charge in [0.1, 0.15) is 17.2 Å². The minimum absolute atomic E-state index is 0.205. The van der Waals surface area contributed by atoms with E-state index in [1.54, 1.807) is 11.6 Å². The molecule has 0 saturated heterocycles. The lowest BCUT2D eigenvalue weighted by atomic mass is 10.3. The van der Waals surface area contributed by atoms with Crippen molar-refractivity contribution < 1.29 is 9.53 Å². The Kier molecular flexibility index (Phi) is 5.74. The van der Waals surface area contributed by atoms with Crippen molar-refractivity contribution in [2.75, 3.05) is 12.4 Å². The lowest BCUT2D eigenvalue weighted by Crippen LogP contribution is -2.03. The number of nitrogens with zero attached hydrogens (tertiary/aromatic N) is 4. The minimum atomic E-state index is 0.205. The first-order valence-electron chi connectivity index (χ1n) is 6.85. The van der Waals surface area contributed by atoms with Gasteiger partial charge in [-0.25, -0.2) is 0 Å². The van der Waals surface area contributed by atoms with E-state index in [1.807, 2.05) is 31.2 Å². The van der Waals surface area contributed by atoms with E-state index in [9.17, 15) is 4.79 Å². The number of hydrogen-bond acceptors (Lipinski definition) is 6. The molecule has 6 nitrogen and oxygen atoms in total. The lowest BCUT2D eigenvalue weighted by molar-refractivity contribution is -0.117. The summed E-state index contributed by atoms with van der Waals surface area (Å²) in [6.07, 6.45) is 1.41. The van der Waals surface area contributed by atoms with E-state index in [4.69, 9.17) is 4.74 Å². The van der Waals surface area contributed by atoms with E-state index in [0.717, 1.165) is 23.6 Å². The molecule has 0 aliphatic heterocycles. The summed E-state index contributed by atoms with van der Waals surface area (Å²) in [5.74, 6) is 1.76. The van der Waals surface area contributed by atoms with Crippen molar-refractivity contribution in [2.24, 2.45) is 0 Å². The van der Waals surface area contributed by atoms with Crippen molar-refractivity contribution in [3.63, 3.8) is 0 Å². The number of ether oxygens (including phenoxy) is 1. The van der Waals surface area contributed by atoms with E-state index in [0.29, 0.717) is 18.2 Å². The molecule has 0 fully saturated rings. The molecule has 0 bridgehead atoms. The molecule has 1 heterocycles. The number of hydrogen-bond donors (Lipinski definition) is 0. The molecule has 7 heteroatoms. The number of carbonyl (C=O) groups is 1. The number of Topliss-reactive ketones (excluding diaryl/α,β-unsaturated/α-hetero) is 1. The Morgan fingerprint density at radius 2 is 2.19 bits per heavy atom. The molecule has 2 aromatic rings. The zero-order valence-corrected chi connectivity index (χ0v) is 13.0. The van der Waals surface area contributed by atoms with Gasteiger partial charge in [0.05, 0.1) is 6.61 Å². The molecule has 0 aliphatic carbocycles. The van der Waals surface area contributed by atoms with Crippen LogP contribution in [0.15, 0.2) is 29.4 Å². The van der Waals surface area contributed by atoms with E-state index >= 15 is 0 Å². The number of ketones is 1. The van der Waals surface area contributed by atoms with Crippen LogP contribution in [0.2, 0.25) is 0 Å². The first-order valence-corrected chi connectivity index (χ1v) is 7.83. The van der Waals surface area contributed by atoms with E-state index in [-0.39, 0.29) is 5.78 Å². The fourth-order valence-electron chi connectivity index (χ4n) is 1.81. The van der Waals surface area contributed by atoms with Gasteiger partial charge < -0.3 is 9.53 Å². The maximum atomic E-state index is 10.9. The van der Waals surface area contributed by atoms with Crippen molar-refractivity contribution >= 4 is 17.5 Å². The lowest BCUT2D eigenvalue weighted by Gasteiger charge is -2.10. The van der Waals surface area contributed by atoms with Gasteiger partial charge in [-0.05, 0) is 42.8 Å². The summed E-state index contributed by atoms with van der Waals surface area (Å²) in [5, 5.41) is 12.5. The molecule has 0 unspecified atom stereocenters. The molecule has 0 atom stereocenters. The van der Waals surface area contributed by atoms with E-state index in [1.165, 1.54) is 11.8 Å². The second-order valence-corrected chi connectivity index (χ2v) is 5.49. The third kappa shape index (κ3) is 4.29. The molecule has 0 radical (unpaired) electrons. The number of para-hydroxylation sites is 2. The highest BCUT2D eigenvalue weighted by atomic mass is 32.2. The third-order valence-electron chi connectivity index (χ3n) is 2.74. The minimum Gasteiger partial charge on any atom is -0.492 e. The summed E-state index contributed by atoms with van der Waals surface area (Å²) in [5.41, 5.74) is 0.818. The Morgan fingerprint density at radius 1 is 1.38 bits per heavy atom. The van der Waals surface area contributed by atoms with E-state index < -0.39 is 0 Å². The number of tetrazole rings is 1. The van der Waals surface area contributed by atoms with Gasteiger partial charge in [0.15, 0.2) is 0 Å². The van der Waals surface area contributed by atoms with Crippen LogP contribution >= 0.6 is 11.8 Å². The Bertz CT molecular complexity index is 600. The number of carbonyl (C=O) groups excluding carboxylic acids is 1. The largest absolute Gasteiger partial charge is 0.492 e. The van der Waals surface area contributed by atoms with Crippen LogP contribution in [0.3, 0.4) is 0 Å². The van der Waals surface area contributed by atoms with Gasteiger partial charge in [0.25, 0.3) is 0 Å². The second kappa shape index (κ2) is 7.78. The van der Waals surface area contributed by atoms with Crippen LogP contribution in [-0.4, -0.2) is 38.4 Å². The maximum absolute atomic E-state index is 10.9. The third-order valence-corrected chi connectivity index (χ3v) is 3.74. The maximum Gasteiger partial charge on any atom is 0.214 e. The predicted octanol–water partition coefficient (Wildman–Crippen LogP) is 2.52. The predicted molar refractivity (Wildman–Crippen MR) is 81.0 cm³/mol. The second-order valence-electron chi connectivity index (χ2n) is 4.43. The van der Waals surface area contributed by atoms with Crippen LogP contribution in [0.1, 0.15) is 26.7 Å². The van der Waals surface area contributed by atoms with Crippen LogP contribution in [0.25, 0.3) is 5.69 Å². The van der Waals surface area contributed by atoms with Gasteiger partial charge in [0.2, 0.25) is 5.16 Å². The fourth-order valence-corrected chi connectivity index (χ4v) is 2.64. The van der Waals surface area contributed by atoms with Crippen LogP contribution < -0.4 is 4.74 Å². The van der Waals surface area contributed by atoms with Crippen LogP contribution in [-0.2, 0) is 4.79 Å². The molecule has 0 aliphatic rings. The topological polar surface area (TPSA) is 69.9 Å². The zero-order chi connectivity index (χ0) is 15.1. The van der Waals surface area contributed by atoms with Gasteiger partial charge in [-0.1, -0.05) is 23.9 Å². The number of benzene rings is 1. The quantitative estimate of drug-likeness (QED) is 0.551. The average Bonchev–Trinajstić information content (AvgIpc) is 2.92. The monoisotopic (exact) mass is 306 g/mol. The van der Waals surface area contributed by atoms with Crippen molar-refractivity contribution in [1.82, 2.24) is 20.2 Å². The molecule has 2 rings (SSSR count). The van der Waals surface area contributed by atoms with Crippen molar-refractivity contribution in [3.8, 4) is 11.4 Å². The Balaban J connectivity index is 2.11. The number of aromatic nitrogens is 4. The van der Waals surface area contributed by atoms with Gasteiger partial charge in [0, 0.05) is 12.2 Å². The molecule has 1 aromatic carbocycles. The van der Waals surface area contributed by atoms with Crippen molar-refractivity contribution in [1.29, 1.82) is 0 Å². The normalized spacial score (nSPS) is 10.6. The summed E-state index contributed by atoms with van der Waals surface area (Å²) < 4.78 is 7.27. The average molecular weight is 306 g/mol. The van der Waals surface area contributed by atoms with Crippen LogP contribution in [0.5, 0.6) is 5.75 Å². The molecule has 112 valence electrons. The molecule has 0 spiro atoms. The highest BCUT2D eigenvalue weighted by molar-refractivity contribution is 7.99. The molecule has 0 N–H and O–H groups in total. The molecule has 0 amide bonds. The molecular weight excluding hydrogens is 288 g/mol. The standard InChI is InChI=1S/C14H18N4O2S/c1-3-20-13-9-5-4-8-12(13)18-14(15-16-17-18)21-10-6-7-11(2)19/h4-5,8-9H,3,6-7,10H2,1-2H3. The Hall–Kier alpha value is -1.89. The highest BCUT2D eigenvalue weighted by Crippen LogP contribution is 2.26. The van der Waals surface area contributed by atoms with Crippen LogP contribution in [0.4, 0.5) is 0 Å². The SMILES string of the molecule is CCOc1ccccc1-n1nnnc1SCCCC(C)=O. The molecular formula is C14H18N4O2S.